The summed E-state index contributed by atoms with van der Waals surface area (Å²) in [6, 6.07) is 12.7. The molecule has 0 bridgehead atoms. The highest BCUT2D eigenvalue weighted by Gasteiger charge is 2.16. The van der Waals surface area contributed by atoms with Crippen LogP contribution in [0.3, 0.4) is 0 Å². The Labute approximate surface area is 143 Å². The van der Waals surface area contributed by atoms with Crippen LogP contribution in [0, 0.1) is 0 Å². The van der Waals surface area contributed by atoms with Crippen molar-refractivity contribution in [3.8, 4) is 0 Å². The average molecular weight is 345 g/mol. The number of carbonyl (C=O) groups excluding carboxylic acids is 1. The fourth-order valence-electron chi connectivity index (χ4n) is 2.53. The summed E-state index contributed by atoms with van der Waals surface area (Å²) in [4.78, 5) is 26.5. The van der Waals surface area contributed by atoms with Gasteiger partial charge in [0.25, 0.3) is 0 Å². The molecule has 0 aliphatic rings. The largest absolute Gasteiger partial charge is 0.350 e. The summed E-state index contributed by atoms with van der Waals surface area (Å²) in [7, 11) is 0. The highest BCUT2D eigenvalue weighted by Crippen LogP contribution is 2.13. The second-order valence-electron chi connectivity index (χ2n) is 5.41. The van der Waals surface area contributed by atoms with E-state index in [9.17, 15) is 9.59 Å². The van der Waals surface area contributed by atoms with E-state index in [0.717, 1.165) is 5.56 Å². The Morgan fingerprint density at radius 1 is 1.25 bits per heavy atom. The number of amides is 1. The molecule has 0 N–H and O–H groups in total. The molecule has 0 fully saturated rings. The molecule has 2 heterocycles. The molecule has 124 valence electrons. The van der Waals surface area contributed by atoms with Crippen molar-refractivity contribution in [2.75, 3.05) is 6.54 Å². The second kappa shape index (κ2) is 6.88. The number of likely N-dealkylation sites (N-methyl/N-ethyl adjacent to an activating group) is 1. The van der Waals surface area contributed by atoms with Crippen molar-refractivity contribution < 1.29 is 4.79 Å². The van der Waals surface area contributed by atoms with Gasteiger partial charge >= 0.3 is 5.69 Å². The molecular formula is C17H17ClN4O2. The monoisotopic (exact) mass is 344 g/mol. The van der Waals surface area contributed by atoms with Crippen LogP contribution in [-0.4, -0.2) is 31.5 Å². The molecule has 7 heteroatoms. The Bertz CT molecular complexity index is 931. The third-order valence-electron chi connectivity index (χ3n) is 3.77. The van der Waals surface area contributed by atoms with Gasteiger partial charge in [0.1, 0.15) is 6.54 Å². The smallest absolute Gasteiger partial charge is 0.337 e. The minimum atomic E-state index is -0.322. The van der Waals surface area contributed by atoms with E-state index in [1.165, 1.54) is 9.08 Å². The van der Waals surface area contributed by atoms with Crippen molar-refractivity contribution in [1.82, 2.24) is 19.1 Å². The fourth-order valence-corrected chi connectivity index (χ4v) is 2.74. The maximum absolute atomic E-state index is 12.5. The van der Waals surface area contributed by atoms with Crippen LogP contribution < -0.4 is 5.69 Å². The van der Waals surface area contributed by atoms with Gasteiger partial charge in [0.15, 0.2) is 5.65 Å². The molecular weight excluding hydrogens is 328 g/mol. The van der Waals surface area contributed by atoms with E-state index in [0.29, 0.717) is 23.8 Å². The fraction of sp³-hybridized carbons (Fsp3) is 0.235. The molecule has 0 atom stereocenters. The quantitative estimate of drug-likeness (QED) is 0.713. The van der Waals surface area contributed by atoms with Gasteiger partial charge in [-0.15, -0.1) is 5.10 Å². The van der Waals surface area contributed by atoms with E-state index >= 15 is 0 Å². The molecule has 0 spiro atoms. The number of pyridine rings is 1. The number of rotatable bonds is 5. The Morgan fingerprint density at radius 2 is 2.08 bits per heavy atom. The highest BCUT2D eigenvalue weighted by atomic mass is 35.5. The molecule has 0 saturated heterocycles. The lowest BCUT2D eigenvalue weighted by Gasteiger charge is -2.20. The zero-order valence-electron chi connectivity index (χ0n) is 13.2. The lowest BCUT2D eigenvalue weighted by molar-refractivity contribution is -0.132. The van der Waals surface area contributed by atoms with Gasteiger partial charge in [0.05, 0.1) is 0 Å². The van der Waals surface area contributed by atoms with Crippen molar-refractivity contribution >= 4 is 23.2 Å². The van der Waals surface area contributed by atoms with E-state index in [2.05, 4.69) is 5.10 Å². The van der Waals surface area contributed by atoms with E-state index in [1.807, 2.05) is 25.1 Å². The van der Waals surface area contributed by atoms with E-state index in [4.69, 9.17) is 11.6 Å². The first-order valence-electron chi connectivity index (χ1n) is 7.65. The van der Waals surface area contributed by atoms with Crippen molar-refractivity contribution in [3.05, 3.63) is 69.7 Å². The Morgan fingerprint density at radius 3 is 2.79 bits per heavy atom. The molecule has 0 radical (unpaired) electrons. The van der Waals surface area contributed by atoms with Crippen LogP contribution in [0.5, 0.6) is 0 Å². The Hall–Kier alpha value is -2.60. The van der Waals surface area contributed by atoms with Crippen LogP contribution in [0.2, 0.25) is 5.02 Å². The molecule has 3 aromatic rings. The van der Waals surface area contributed by atoms with Gasteiger partial charge in [-0.3, -0.25) is 9.20 Å². The third kappa shape index (κ3) is 3.33. The summed E-state index contributed by atoms with van der Waals surface area (Å²) in [5, 5.41) is 4.82. The first-order valence-corrected chi connectivity index (χ1v) is 8.02. The van der Waals surface area contributed by atoms with Crippen molar-refractivity contribution in [3.63, 3.8) is 0 Å². The summed E-state index contributed by atoms with van der Waals surface area (Å²) in [6.45, 7) is 2.79. The first-order chi connectivity index (χ1) is 11.6. The van der Waals surface area contributed by atoms with Crippen LogP contribution in [0.4, 0.5) is 0 Å². The molecule has 0 saturated carbocycles. The van der Waals surface area contributed by atoms with Gasteiger partial charge in [-0.05, 0) is 36.8 Å². The predicted molar refractivity (Wildman–Crippen MR) is 92.0 cm³/mol. The number of hydrogen-bond acceptors (Lipinski definition) is 3. The van der Waals surface area contributed by atoms with Crippen molar-refractivity contribution in [2.24, 2.45) is 0 Å². The Kier molecular flexibility index (Phi) is 4.66. The third-order valence-corrected chi connectivity index (χ3v) is 4.01. The lowest BCUT2D eigenvalue weighted by atomic mass is 10.2. The maximum Gasteiger partial charge on any atom is 0.350 e. The number of nitrogens with zero attached hydrogens (tertiary/aromatic N) is 4. The highest BCUT2D eigenvalue weighted by molar-refractivity contribution is 6.30. The normalized spacial score (nSPS) is 10.9. The number of fused-ring (bicyclic) bond motifs is 1. The number of hydrogen-bond donors (Lipinski definition) is 0. The molecule has 0 aliphatic heterocycles. The topological polar surface area (TPSA) is 59.6 Å². The van der Waals surface area contributed by atoms with E-state index < -0.39 is 0 Å². The molecule has 0 aliphatic carbocycles. The van der Waals surface area contributed by atoms with E-state index in [-0.39, 0.29) is 18.1 Å². The number of aromatic nitrogens is 3. The van der Waals surface area contributed by atoms with Gasteiger partial charge in [-0.25, -0.2) is 9.48 Å². The van der Waals surface area contributed by atoms with Gasteiger partial charge in [0, 0.05) is 24.3 Å². The van der Waals surface area contributed by atoms with Crippen molar-refractivity contribution in [2.45, 2.75) is 20.0 Å². The van der Waals surface area contributed by atoms with Gasteiger partial charge in [-0.2, -0.15) is 0 Å². The maximum atomic E-state index is 12.5. The second-order valence-corrected chi connectivity index (χ2v) is 5.84. The molecule has 1 aromatic carbocycles. The summed E-state index contributed by atoms with van der Waals surface area (Å²) < 4.78 is 2.61. The predicted octanol–water partition coefficient (Wildman–Crippen LogP) is 2.20. The zero-order valence-corrected chi connectivity index (χ0v) is 14.0. The summed E-state index contributed by atoms with van der Waals surface area (Å²) in [5.41, 5.74) is 1.14. The molecule has 3 rings (SSSR count). The van der Waals surface area contributed by atoms with Crippen LogP contribution in [0.15, 0.2) is 53.5 Å². The van der Waals surface area contributed by atoms with Crippen molar-refractivity contribution in [1.29, 1.82) is 0 Å². The summed E-state index contributed by atoms with van der Waals surface area (Å²) >= 11 is 5.99. The average Bonchev–Trinajstić information content (AvgIpc) is 2.89. The SMILES string of the molecule is CCN(Cc1cccc(Cl)c1)C(=O)Cn1nc2ccccn2c1=O. The van der Waals surface area contributed by atoms with Crippen LogP contribution in [0.25, 0.3) is 5.65 Å². The lowest BCUT2D eigenvalue weighted by Crippen LogP contribution is -2.36. The molecule has 24 heavy (non-hydrogen) atoms. The van der Waals surface area contributed by atoms with Crippen LogP contribution in [-0.2, 0) is 17.9 Å². The van der Waals surface area contributed by atoms with Gasteiger partial charge in [-0.1, -0.05) is 29.8 Å². The Balaban J connectivity index is 1.78. The number of carbonyl (C=O) groups is 1. The molecule has 6 nitrogen and oxygen atoms in total. The number of halogens is 1. The van der Waals surface area contributed by atoms with Gasteiger partial charge in [0.2, 0.25) is 5.91 Å². The van der Waals surface area contributed by atoms with Gasteiger partial charge < -0.3 is 4.90 Å². The standard InChI is InChI=1S/C17H17ClN4O2/c1-2-20(11-13-6-5-7-14(18)10-13)16(23)12-22-17(24)21-9-4-3-8-15(21)19-22/h3-10H,2,11-12H2,1H3. The first kappa shape index (κ1) is 16.3. The van der Waals surface area contributed by atoms with Crippen LogP contribution in [0.1, 0.15) is 12.5 Å². The molecule has 2 aromatic heterocycles. The number of benzene rings is 1. The minimum Gasteiger partial charge on any atom is -0.337 e. The molecule has 1 amide bonds. The van der Waals surface area contributed by atoms with Crippen LogP contribution >= 0.6 is 11.6 Å². The zero-order chi connectivity index (χ0) is 17.1. The van der Waals surface area contributed by atoms with E-state index in [1.54, 1.807) is 35.4 Å². The minimum absolute atomic E-state index is 0.0884. The summed E-state index contributed by atoms with van der Waals surface area (Å²) in [6.07, 6.45) is 1.63. The molecule has 0 unspecified atom stereocenters. The summed E-state index contributed by atoms with van der Waals surface area (Å²) in [5.74, 6) is -0.164.